The van der Waals surface area contributed by atoms with Crippen LogP contribution < -0.4 is 14.8 Å². The first-order valence-corrected chi connectivity index (χ1v) is 6.45. The van der Waals surface area contributed by atoms with E-state index >= 15 is 0 Å². The fraction of sp³-hybridized carbons (Fsp3) is 0.333. The predicted molar refractivity (Wildman–Crippen MR) is 74.5 cm³/mol. The number of benzene rings is 1. The number of nitrogens with zero attached hydrogens (tertiary/aromatic N) is 2. The largest absolute Gasteiger partial charge is 0.495 e. The number of hydrogen-bond acceptors (Lipinski definition) is 5. The molecule has 1 atom stereocenters. The standard InChI is InChI=1S/C12H15BrN4O2/c1-14-10(12-15-6-16-17-12)7-4-5-8(18-2)9(13)11(7)19-3/h4-6,10,14H,1-3H3,(H,15,16,17). The Hall–Kier alpha value is -1.60. The Morgan fingerprint density at radius 1 is 1.32 bits per heavy atom. The van der Waals surface area contributed by atoms with Crippen LogP contribution in [0.1, 0.15) is 17.4 Å². The second kappa shape index (κ2) is 6.03. The highest BCUT2D eigenvalue weighted by Crippen LogP contribution is 2.40. The average molecular weight is 327 g/mol. The fourth-order valence-corrected chi connectivity index (χ4v) is 2.62. The van der Waals surface area contributed by atoms with Crippen molar-refractivity contribution in [2.24, 2.45) is 0 Å². The first kappa shape index (κ1) is 13.8. The fourth-order valence-electron chi connectivity index (χ4n) is 1.94. The van der Waals surface area contributed by atoms with E-state index in [1.165, 1.54) is 6.33 Å². The van der Waals surface area contributed by atoms with Crippen molar-refractivity contribution in [3.8, 4) is 11.5 Å². The maximum Gasteiger partial charge on any atom is 0.146 e. The lowest BCUT2D eigenvalue weighted by Gasteiger charge is -2.19. The van der Waals surface area contributed by atoms with Crippen LogP contribution in [0.4, 0.5) is 0 Å². The van der Waals surface area contributed by atoms with Gasteiger partial charge >= 0.3 is 0 Å². The summed E-state index contributed by atoms with van der Waals surface area (Å²) >= 11 is 3.49. The van der Waals surface area contributed by atoms with Gasteiger partial charge in [0.15, 0.2) is 0 Å². The van der Waals surface area contributed by atoms with E-state index in [9.17, 15) is 0 Å². The summed E-state index contributed by atoms with van der Waals surface area (Å²) in [5.41, 5.74) is 0.939. The van der Waals surface area contributed by atoms with Crippen molar-refractivity contribution in [1.82, 2.24) is 20.5 Å². The van der Waals surface area contributed by atoms with Gasteiger partial charge in [-0.1, -0.05) is 0 Å². The van der Waals surface area contributed by atoms with Gasteiger partial charge in [0.05, 0.1) is 20.3 Å². The maximum atomic E-state index is 5.47. The summed E-state index contributed by atoms with van der Waals surface area (Å²) in [7, 11) is 5.09. The van der Waals surface area contributed by atoms with Gasteiger partial charge in [0.2, 0.25) is 0 Å². The normalized spacial score (nSPS) is 12.2. The molecule has 2 N–H and O–H groups in total. The van der Waals surface area contributed by atoms with Gasteiger partial charge in [-0.15, -0.1) is 0 Å². The summed E-state index contributed by atoms with van der Waals surface area (Å²) in [6.45, 7) is 0. The topological polar surface area (TPSA) is 72.1 Å². The Morgan fingerprint density at radius 3 is 2.63 bits per heavy atom. The number of methoxy groups -OCH3 is 2. The van der Waals surface area contributed by atoms with E-state index in [-0.39, 0.29) is 6.04 Å². The van der Waals surface area contributed by atoms with Crippen LogP contribution in [0, 0.1) is 0 Å². The Kier molecular flexibility index (Phi) is 4.39. The molecule has 102 valence electrons. The van der Waals surface area contributed by atoms with Crippen LogP contribution in [-0.2, 0) is 0 Å². The number of aromatic nitrogens is 3. The number of nitrogens with one attached hydrogen (secondary N) is 2. The average Bonchev–Trinajstić information content (AvgIpc) is 2.94. The minimum atomic E-state index is -0.139. The van der Waals surface area contributed by atoms with Gasteiger partial charge in [0.25, 0.3) is 0 Å². The molecular formula is C12H15BrN4O2. The molecule has 1 unspecified atom stereocenters. The molecule has 1 heterocycles. The van der Waals surface area contributed by atoms with E-state index in [1.807, 2.05) is 19.2 Å². The molecular weight excluding hydrogens is 312 g/mol. The van der Waals surface area contributed by atoms with E-state index < -0.39 is 0 Å². The van der Waals surface area contributed by atoms with E-state index in [4.69, 9.17) is 9.47 Å². The van der Waals surface area contributed by atoms with Crippen molar-refractivity contribution in [2.75, 3.05) is 21.3 Å². The summed E-state index contributed by atoms with van der Waals surface area (Å²) in [6.07, 6.45) is 1.48. The minimum Gasteiger partial charge on any atom is -0.495 e. The second-order valence-electron chi connectivity index (χ2n) is 3.80. The van der Waals surface area contributed by atoms with Gasteiger partial charge in [-0.3, -0.25) is 5.10 Å². The van der Waals surface area contributed by atoms with Gasteiger partial charge in [-0.2, -0.15) is 5.10 Å². The van der Waals surface area contributed by atoms with Crippen molar-refractivity contribution >= 4 is 15.9 Å². The summed E-state index contributed by atoms with van der Waals surface area (Å²) < 4.78 is 11.5. The summed E-state index contributed by atoms with van der Waals surface area (Å²) in [5, 5.41) is 9.92. The van der Waals surface area contributed by atoms with Crippen molar-refractivity contribution in [1.29, 1.82) is 0 Å². The molecule has 19 heavy (non-hydrogen) atoms. The molecule has 0 amide bonds. The molecule has 1 aromatic heterocycles. The monoisotopic (exact) mass is 326 g/mol. The van der Waals surface area contributed by atoms with Gasteiger partial charge in [-0.05, 0) is 35.1 Å². The van der Waals surface area contributed by atoms with Crippen molar-refractivity contribution in [2.45, 2.75) is 6.04 Å². The molecule has 6 nitrogen and oxygen atoms in total. The molecule has 7 heteroatoms. The lowest BCUT2D eigenvalue weighted by atomic mass is 10.0. The number of aromatic amines is 1. The van der Waals surface area contributed by atoms with Crippen LogP contribution in [0.15, 0.2) is 22.9 Å². The van der Waals surface area contributed by atoms with Crippen LogP contribution in [0.5, 0.6) is 11.5 Å². The van der Waals surface area contributed by atoms with Crippen LogP contribution in [0.25, 0.3) is 0 Å². The molecule has 0 fully saturated rings. The van der Waals surface area contributed by atoms with Gasteiger partial charge in [-0.25, -0.2) is 4.98 Å². The summed E-state index contributed by atoms with van der Waals surface area (Å²) in [5.74, 6) is 2.14. The van der Waals surface area contributed by atoms with E-state index in [0.717, 1.165) is 15.9 Å². The van der Waals surface area contributed by atoms with Crippen molar-refractivity contribution in [3.05, 3.63) is 34.3 Å². The number of ether oxygens (including phenoxy) is 2. The van der Waals surface area contributed by atoms with Gasteiger partial charge < -0.3 is 14.8 Å². The van der Waals surface area contributed by atoms with Gasteiger partial charge in [0.1, 0.15) is 28.1 Å². The van der Waals surface area contributed by atoms with E-state index in [2.05, 4.69) is 36.4 Å². The van der Waals surface area contributed by atoms with Crippen molar-refractivity contribution < 1.29 is 9.47 Å². The molecule has 2 rings (SSSR count). The molecule has 0 spiro atoms. The number of halogens is 1. The Bertz CT molecular complexity index is 545. The zero-order chi connectivity index (χ0) is 13.8. The predicted octanol–water partition coefficient (Wildman–Crippen LogP) is 1.89. The molecule has 0 aliphatic rings. The summed E-state index contributed by atoms with van der Waals surface area (Å²) in [6, 6.07) is 3.68. The first-order valence-electron chi connectivity index (χ1n) is 5.65. The quantitative estimate of drug-likeness (QED) is 0.877. The van der Waals surface area contributed by atoms with E-state index in [1.54, 1.807) is 14.2 Å². The molecule has 0 saturated heterocycles. The lowest BCUT2D eigenvalue weighted by Crippen LogP contribution is -2.20. The highest BCUT2D eigenvalue weighted by atomic mass is 79.9. The molecule has 0 aliphatic heterocycles. The maximum absolute atomic E-state index is 5.47. The molecule has 0 bridgehead atoms. The molecule has 0 radical (unpaired) electrons. The Morgan fingerprint density at radius 2 is 2.11 bits per heavy atom. The van der Waals surface area contributed by atoms with Crippen LogP contribution >= 0.6 is 15.9 Å². The molecule has 0 aliphatic carbocycles. The summed E-state index contributed by atoms with van der Waals surface area (Å²) in [4.78, 5) is 4.18. The third-order valence-electron chi connectivity index (χ3n) is 2.82. The highest BCUT2D eigenvalue weighted by molar-refractivity contribution is 9.10. The Balaban J connectivity index is 2.52. The number of rotatable bonds is 5. The lowest BCUT2D eigenvalue weighted by molar-refractivity contribution is 0.383. The first-order chi connectivity index (χ1) is 9.22. The molecule has 0 saturated carbocycles. The number of H-pyrrole nitrogens is 1. The zero-order valence-electron chi connectivity index (χ0n) is 10.9. The smallest absolute Gasteiger partial charge is 0.146 e. The molecule has 1 aromatic carbocycles. The second-order valence-corrected chi connectivity index (χ2v) is 4.59. The van der Waals surface area contributed by atoms with Crippen LogP contribution in [-0.4, -0.2) is 36.4 Å². The highest BCUT2D eigenvalue weighted by Gasteiger charge is 2.22. The van der Waals surface area contributed by atoms with E-state index in [0.29, 0.717) is 11.5 Å². The number of hydrogen-bond donors (Lipinski definition) is 2. The van der Waals surface area contributed by atoms with Crippen molar-refractivity contribution in [3.63, 3.8) is 0 Å². The zero-order valence-corrected chi connectivity index (χ0v) is 12.5. The third kappa shape index (κ3) is 2.57. The minimum absolute atomic E-state index is 0.139. The SMILES string of the molecule is CNC(c1ncn[nH]1)c1ccc(OC)c(Br)c1OC. The third-order valence-corrected chi connectivity index (χ3v) is 3.57. The Labute approximate surface area is 119 Å². The van der Waals surface area contributed by atoms with Gasteiger partial charge in [0, 0.05) is 5.56 Å². The molecule has 2 aromatic rings. The van der Waals surface area contributed by atoms with Crippen LogP contribution in [0.2, 0.25) is 0 Å². The van der Waals surface area contributed by atoms with Crippen LogP contribution in [0.3, 0.4) is 0 Å².